The van der Waals surface area contributed by atoms with Gasteiger partial charge in [0, 0.05) is 31.2 Å². The van der Waals surface area contributed by atoms with Crippen LogP contribution in [0.1, 0.15) is 30.4 Å². The Labute approximate surface area is 169 Å². The Hall–Kier alpha value is -2.82. The fraction of sp³-hybridized carbons (Fsp3) is 0.474. The van der Waals surface area contributed by atoms with E-state index in [1.165, 1.54) is 0 Å². The van der Waals surface area contributed by atoms with E-state index in [0.717, 1.165) is 24.8 Å². The lowest BCUT2D eigenvalue weighted by molar-refractivity contribution is -0.146. The molecule has 1 aliphatic heterocycles. The van der Waals surface area contributed by atoms with Gasteiger partial charge in [0.2, 0.25) is 11.7 Å². The predicted molar refractivity (Wildman–Crippen MR) is 105 cm³/mol. The van der Waals surface area contributed by atoms with E-state index >= 15 is 0 Å². The van der Waals surface area contributed by atoms with Crippen LogP contribution in [0.2, 0.25) is 0 Å². The van der Waals surface area contributed by atoms with Crippen molar-refractivity contribution in [2.75, 3.05) is 38.9 Å². The largest absolute Gasteiger partial charge is 0.493 e. The van der Waals surface area contributed by atoms with Gasteiger partial charge in [0.1, 0.15) is 0 Å². The summed E-state index contributed by atoms with van der Waals surface area (Å²) in [6, 6.07) is 3.66. The van der Waals surface area contributed by atoms with E-state index in [1.54, 1.807) is 27.5 Å². The maximum atomic E-state index is 9.52. The van der Waals surface area contributed by atoms with Crippen molar-refractivity contribution >= 4 is 11.8 Å². The highest BCUT2D eigenvalue weighted by atomic mass is 16.8. The first kappa shape index (κ1) is 20.9. The van der Waals surface area contributed by atoms with Crippen LogP contribution in [0.5, 0.6) is 17.2 Å². The summed E-state index contributed by atoms with van der Waals surface area (Å²) in [4.78, 5) is 13.9. The number of anilines is 2. The van der Waals surface area contributed by atoms with E-state index < -0.39 is 0 Å². The lowest BCUT2D eigenvalue weighted by atomic mass is 10.1. The van der Waals surface area contributed by atoms with Crippen molar-refractivity contribution in [2.24, 2.45) is 0 Å². The number of benzene rings is 1. The zero-order valence-electron chi connectivity index (χ0n) is 16.7. The molecule has 1 aliphatic rings. The summed E-state index contributed by atoms with van der Waals surface area (Å²) in [6.07, 6.45) is 4.57. The fourth-order valence-corrected chi connectivity index (χ4v) is 3.06. The molecular formula is C19H26N4O6. The summed E-state index contributed by atoms with van der Waals surface area (Å²) < 4.78 is 21.6. The lowest BCUT2D eigenvalue weighted by Crippen LogP contribution is -2.25. The van der Waals surface area contributed by atoms with E-state index in [-0.39, 0.29) is 18.1 Å². The Kier molecular flexibility index (Phi) is 7.28. The van der Waals surface area contributed by atoms with Crippen molar-refractivity contribution in [3.05, 3.63) is 29.5 Å². The standard InChI is InChI=1S/C19H26N4O6/c1-25-14-9-12(10-15(26-2)17(14)27-3)8-13-11-20-19(21-18(13)22-24)23-29-16-6-4-5-7-28-16/h9-11,16,24H,4-8H2,1-3H3,(H2,20,21,22,23). The molecule has 10 nitrogen and oxygen atoms in total. The maximum absolute atomic E-state index is 9.52. The normalized spacial score (nSPS) is 16.2. The molecule has 1 aromatic heterocycles. The van der Waals surface area contributed by atoms with Crippen LogP contribution in [0.3, 0.4) is 0 Å². The molecule has 0 radical (unpaired) electrons. The molecule has 3 rings (SSSR count). The Morgan fingerprint density at radius 2 is 1.90 bits per heavy atom. The molecule has 0 saturated carbocycles. The highest BCUT2D eigenvalue weighted by Gasteiger charge is 2.17. The molecule has 29 heavy (non-hydrogen) atoms. The molecule has 0 bridgehead atoms. The number of nitrogens with one attached hydrogen (secondary N) is 2. The highest BCUT2D eigenvalue weighted by Crippen LogP contribution is 2.39. The van der Waals surface area contributed by atoms with Crippen LogP contribution in [0.4, 0.5) is 11.8 Å². The third kappa shape index (κ3) is 5.17. The summed E-state index contributed by atoms with van der Waals surface area (Å²) in [7, 11) is 4.66. The molecule has 1 unspecified atom stereocenters. The second-order valence-corrected chi connectivity index (χ2v) is 6.41. The highest BCUT2D eigenvalue weighted by molar-refractivity contribution is 5.55. The fourth-order valence-electron chi connectivity index (χ4n) is 3.06. The second kappa shape index (κ2) is 10.1. The number of aromatic nitrogens is 2. The first-order chi connectivity index (χ1) is 14.2. The monoisotopic (exact) mass is 406 g/mol. The van der Waals surface area contributed by atoms with E-state index in [1.807, 2.05) is 12.1 Å². The van der Waals surface area contributed by atoms with Gasteiger partial charge in [-0.15, -0.1) is 0 Å². The quantitative estimate of drug-likeness (QED) is 0.537. The number of methoxy groups -OCH3 is 3. The summed E-state index contributed by atoms with van der Waals surface area (Å²) in [6.45, 7) is 0.671. The maximum Gasteiger partial charge on any atom is 0.249 e. The van der Waals surface area contributed by atoms with Crippen molar-refractivity contribution in [1.29, 1.82) is 0 Å². The van der Waals surface area contributed by atoms with Gasteiger partial charge in [0.25, 0.3) is 0 Å². The third-order valence-electron chi connectivity index (χ3n) is 4.51. The van der Waals surface area contributed by atoms with Crippen LogP contribution in [-0.2, 0) is 16.0 Å². The molecule has 0 amide bonds. The first-order valence-electron chi connectivity index (χ1n) is 9.26. The molecule has 2 heterocycles. The van der Waals surface area contributed by atoms with Gasteiger partial charge in [-0.05, 0) is 30.5 Å². The number of ether oxygens (including phenoxy) is 4. The van der Waals surface area contributed by atoms with Crippen LogP contribution < -0.4 is 25.2 Å². The van der Waals surface area contributed by atoms with E-state index in [0.29, 0.717) is 35.8 Å². The van der Waals surface area contributed by atoms with Crippen molar-refractivity contribution in [2.45, 2.75) is 32.0 Å². The predicted octanol–water partition coefficient (Wildman–Crippen LogP) is 2.76. The molecule has 0 spiro atoms. The van der Waals surface area contributed by atoms with Gasteiger partial charge in [-0.1, -0.05) is 0 Å². The minimum absolute atomic E-state index is 0.212. The Bertz CT molecular complexity index is 788. The first-order valence-corrected chi connectivity index (χ1v) is 9.26. The smallest absolute Gasteiger partial charge is 0.249 e. The van der Waals surface area contributed by atoms with Crippen LogP contribution >= 0.6 is 0 Å². The third-order valence-corrected chi connectivity index (χ3v) is 4.51. The molecule has 1 saturated heterocycles. The van der Waals surface area contributed by atoms with E-state index in [2.05, 4.69) is 20.9 Å². The molecule has 2 aromatic rings. The van der Waals surface area contributed by atoms with E-state index in [9.17, 15) is 5.21 Å². The summed E-state index contributed by atoms with van der Waals surface area (Å²) in [5.41, 5.74) is 6.32. The van der Waals surface area contributed by atoms with Crippen LogP contribution in [0.25, 0.3) is 0 Å². The molecule has 10 heteroatoms. The summed E-state index contributed by atoms with van der Waals surface area (Å²) in [5.74, 6) is 2.06. The SMILES string of the molecule is COc1cc(Cc2cnc(NOC3CCCCO3)nc2NO)cc(OC)c1OC. The summed E-state index contributed by atoms with van der Waals surface area (Å²) >= 11 is 0. The Balaban J connectivity index is 1.75. The van der Waals surface area contributed by atoms with Crippen molar-refractivity contribution in [3.8, 4) is 17.2 Å². The number of nitrogens with zero attached hydrogens (tertiary/aromatic N) is 2. The molecular weight excluding hydrogens is 380 g/mol. The van der Waals surface area contributed by atoms with Gasteiger partial charge >= 0.3 is 0 Å². The minimum atomic E-state index is -0.336. The zero-order chi connectivity index (χ0) is 20.6. The second-order valence-electron chi connectivity index (χ2n) is 6.41. The molecule has 0 aliphatic carbocycles. The van der Waals surface area contributed by atoms with Gasteiger partial charge in [-0.3, -0.25) is 10.7 Å². The average molecular weight is 406 g/mol. The topological polar surface area (TPSA) is 116 Å². The Morgan fingerprint density at radius 3 is 2.48 bits per heavy atom. The van der Waals surface area contributed by atoms with Gasteiger partial charge in [-0.25, -0.2) is 15.3 Å². The molecule has 3 N–H and O–H groups in total. The zero-order valence-corrected chi connectivity index (χ0v) is 16.7. The van der Waals surface area contributed by atoms with Crippen LogP contribution in [0.15, 0.2) is 18.3 Å². The Morgan fingerprint density at radius 1 is 1.14 bits per heavy atom. The minimum Gasteiger partial charge on any atom is -0.493 e. The van der Waals surface area contributed by atoms with Crippen molar-refractivity contribution in [3.63, 3.8) is 0 Å². The lowest BCUT2D eigenvalue weighted by Gasteiger charge is -2.22. The van der Waals surface area contributed by atoms with Crippen molar-refractivity contribution < 1.29 is 29.0 Å². The van der Waals surface area contributed by atoms with Crippen molar-refractivity contribution in [1.82, 2.24) is 9.97 Å². The average Bonchev–Trinajstić information content (AvgIpc) is 2.78. The van der Waals surface area contributed by atoms with Gasteiger partial charge in [0.05, 0.1) is 21.3 Å². The van der Waals surface area contributed by atoms with Crippen LogP contribution in [0, 0.1) is 0 Å². The van der Waals surface area contributed by atoms with Crippen LogP contribution in [-0.4, -0.2) is 49.4 Å². The van der Waals surface area contributed by atoms with Gasteiger partial charge in [0.15, 0.2) is 23.6 Å². The number of hydrogen-bond acceptors (Lipinski definition) is 10. The molecule has 158 valence electrons. The molecule has 1 fully saturated rings. The van der Waals surface area contributed by atoms with E-state index in [4.69, 9.17) is 23.8 Å². The van der Waals surface area contributed by atoms with Gasteiger partial charge in [-0.2, -0.15) is 4.98 Å². The summed E-state index contributed by atoms with van der Waals surface area (Å²) in [5, 5.41) is 9.52. The van der Waals surface area contributed by atoms with Gasteiger partial charge < -0.3 is 18.9 Å². The molecule has 1 aromatic carbocycles. The molecule has 1 atom stereocenters. The number of rotatable bonds is 9. The number of hydrogen-bond donors (Lipinski definition) is 3.